The van der Waals surface area contributed by atoms with E-state index < -0.39 is 10.0 Å². The van der Waals surface area contributed by atoms with Crippen molar-refractivity contribution in [1.29, 1.82) is 0 Å². The van der Waals surface area contributed by atoms with Gasteiger partial charge in [-0.3, -0.25) is 0 Å². The molecule has 0 aliphatic carbocycles. The fourth-order valence-corrected chi connectivity index (χ4v) is 3.85. The molecule has 5 nitrogen and oxygen atoms in total. The number of hydrogen-bond donors (Lipinski definition) is 1. The van der Waals surface area contributed by atoms with Crippen LogP contribution in [0.25, 0.3) is 0 Å². The molecular weight excluding hydrogens is 246 g/mol. The van der Waals surface area contributed by atoms with Gasteiger partial charge in [0, 0.05) is 13.1 Å². The highest BCUT2D eigenvalue weighted by atomic mass is 32.2. The normalized spacial score (nSPS) is 17.8. The summed E-state index contributed by atoms with van der Waals surface area (Å²) in [7, 11) is -3.62. The molecule has 2 rings (SSSR count). The fourth-order valence-electron chi connectivity index (χ4n) is 1.85. The molecule has 2 heterocycles. The van der Waals surface area contributed by atoms with Crippen LogP contribution in [0.15, 0.2) is 4.21 Å². The summed E-state index contributed by atoms with van der Waals surface area (Å²) >= 11 is 1.17. The van der Waals surface area contributed by atoms with E-state index in [2.05, 4.69) is 9.88 Å². The molecule has 1 aromatic heterocycles. The van der Waals surface area contributed by atoms with Crippen LogP contribution >= 0.6 is 11.3 Å². The molecule has 0 saturated carbocycles. The van der Waals surface area contributed by atoms with Crippen molar-refractivity contribution in [2.24, 2.45) is 5.14 Å². The second kappa shape index (κ2) is 4.31. The van der Waals surface area contributed by atoms with E-state index in [-0.39, 0.29) is 4.21 Å². The zero-order valence-electron chi connectivity index (χ0n) is 9.14. The number of nitrogens with two attached hydrogens (primary N) is 1. The molecule has 0 unspecified atom stereocenters. The third kappa shape index (κ3) is 2.36. The van der Waals surface area contributed by atoms with Crippen molar-refractivity contribution in [3.63, 3.8) is 0 Å². The van der Waals surface area contributed by atoms with Crippen LogP contribution in [0.3, 0.4) is 0 Å². The highest BCUT2D eigenvalue weighted by Crippen LogP contribution is 2.30. The van der Waals surface area contributed by atoms with Crippen LogP contribution in [0.2, 0.25) is 0 Å². The number of rotatable bonds is 2. The van der Waals surface area contributed by atoms with Gasteiger partial charge in [-0.05, 0) is 26.2 Å². The second-order valence-electron chi connectivity index (χ2n) is 3.96. The summed E-state index contributed by atoms with van der Waals surface area (Å²) in [4.78, 5) is 6.42. The summed E-state index contributed by atoms with van der Waals surface area (Å²) in [6.45, 7) is 3.59. The first-order chi connectivity index (χ1) is 7.48. The van der Waals surface area contributed by atoms with Gasteiger partial charge in [-0.15, -0.1) is 0 Å². The standard InChI is InChI=1S/C9H15N3O2S2/c1-7-8(16(10,13)14)15-9(11-7)12-5-3-2-4-6-12/h2-6H2,1H3,(H2,10,13,14). The van der Waals surface area contributed by atoms with Crippen LogP contribution in [0.4, 0.5) is 5.13 Å². The predicted octanol–water partition coefficient (Wildman–Crippen LogP) is 1.09. The van der Waals surface area contributed by atoms with Gasteiger partial charge in [0.05, 0.1) is 5.69 Å². The van der Waals surface area contributed by atoms with Gasteiger partial charge in [-0.1, -0.05) is 11.3 Å². The van der Waals surface area contributed by atoms with E-state index in [1.54, 1.807) is 6.92 Å². The molecule has 1 saturated heterocycles. The van der Waals surface area contributed by atoms with Gasteiger partial charge in [-0.25, -0.2) is 18.5 Å². The third-order valence-electron chi connectivity index (χ3n) is 2.63. The molecule has 0 bridgehead atoms. The van der Waals surface area contributed by atoms with Crippen LogP contribution in [-0.4, -0.2) is 26.5 Å². The molecular formula is C9H15N3O2S2. The minimum atomic E-state index is -3.62. The first-order valence-corrected chi connectivity index (χ1v) is 7.60. The molecule has 1 aliphatic rings. The van der Waals surface area contributed by atoms with Gasteiger partial charge >= 0.3 is 0 Å². The summed E-state index contributed by atoms with van der Waals surface area (Å²) in [5.74, 6) is 0. The van der Waals surface area contributed by atoms with Crippen molar-refractivity contribution >= 4 is 26.5 Å². The van der Waals surface area contributed by atoms with E-state index in [4.69, 9.17) is 5.14 Å². The van der Waals surface area contributed by atoms with Crippen molar-refractivity contribution in [3.05, 3.63) is 5.69 Å². The average Bonchev–Trinajstić information content (AvgIpc) is 2.61. The van der Waals surface area contributed by atoms with E-state index in [1.807, 2.05) is 0 Å². The summed E-state index contributed by atoms with van der Waals surface area (Å²) in [5.41, 5.74) is 0.507. The Morgan fingerprint density at radius 2 is 1.94 bits per heavy atom. The average molecular weight is 261 g/mol. The smallest absolute Gasteiger partial charge is 0.249 e. The monoisotopic (exact) mass is 261 g/mol. The van der Waals surface area contributed by atoms with Crippen molar-refractivity contribution in [2.45, 2.75) is 30.4 Å². The molecule has 7 heteroatoms. The number of primary sulfonamides is 1. The number of hydrogen-bond acceptors (Lipinski definition) is 5. The maximum Gasteiger partial charge on any atom is 0.249 e. The highest BCUT2D eigenvalue weighted by Gasteiger charge is 2.21. The molecule has 2 N–H and O–H groups in total. The van der Waals surface area contributed by atoms with Crippen molar-refractivity contribution in [3.8, 4) is 0 Å². The predicted molar refractivity (Wildman–Crippen MR) is 64.3 cm³/mol. The van der Waals surface area contributed by atoms with Gasteiger partial charge in [-0.2, -0.15) is 0 Å². The van der Waals surface area contributed by atoms with E-state index in [1.165, 1.54) is 17.8 Å². The first kappa shape index (κ1) is 11.8. The molecule has 1 fully saturated rings. The van der Waals surface area contributed by atoms with E-state index in [9.17, 15) is 8.42 Å². The fraction of sp³-hybridized carbons (Fsp3) is 0.667. The maximum atomic E-state index is 11.3. The van der Waals surface area contributed by atoms with Gasteiger partial charge < -0.3 is 4.90 Å². The number of piperidine rings is 1. The second-order valence-corrected chi connectivity index (χ2v) is 6.70. The number of aryl methyl sites for hydroxylation is 1. The van der Waals surface area contributed by atoms with Crippen LogP contribution in [0, 0.1) is 6.92 Å². The van der Waals surface area contributed by atoms with Crippen LogP contribution in [0.5, 0.6) is 0 Å². The molecule has 16 heavy (non-hydrogen) atoms. The Morgan fingerprint density at radius 3 is 2.44 bits per heavy atom. The topological polar surface area (TPSA) is 76.3 Å². The number of aromatic nitrogens is 1. The lowest BCUT2D eigenvalue weighted by atomic mass is 10.1. The number of thiazole rings is 1. The minimum Gasteiger partial charge on any atom is -0.348 e. The summed E-state index contributed by atoms with van der Waals surface area (Å²) < 4.78 is 22.7. The van der Waals surface area contributed by atoms with Crippen molar-refractivity contribution in [2.75, 3.05) is 18.0 Å². The maximum absolute atomic E-state index is 11.3. The Bertz CT molecular complexity index is 475. The van der Waals surface area contributed by atoms with Crippen LogP contribution < -0.4 is 10.0 Å². The van der Waals surface area contributed by atoms with Crippen molar-refractivity contribution < 1.29 is 8.42 Å². The molecule has 0 amide bonds. The Morgan fingerprint density at radius 1 is 1.31 bits per heavy atom. The number of sulfonamides is 1. The zero-order valence-corrected chi connectivity index (χ0v) is 10.8. The summed E-state index contributed by atoms with van der Waals surface area (Å²) in [6, 6.07) is 0. The van der Waals surface area contributed by atoms with Gasteiger partial charge in [0.2, 0.25) is 10.0 Å². The zero-order chi connectivity index (χ0) is 11.8. The molecule has 1 aromatic rings. The molecule has 0 aromatic carbocycles. The van der Waals surface area contributed by atoms with E-state index >= 15 is 0 Å². The number of anilines is 1. The lowest BCUT2D eigenvalue weighted by Gasteiger charge is -2.25. The minimum absolute atomic E-state index is 0.188. The largest absolute Gasteiger partial charge is 0.348 e. The SMILES string of the molecule is Cc1nc(N2CCCCC2)sc1S(N)(=O)=O. The van der Waals surface area contributed by atoms with Gasteiger partial charge in [0.15, 0.2) is 9.34 Å². The molecule has 0 radical (unpaired) electrons. The highest BCUT2D eigenvalue weighted by molar-refractivity contribution is 7.91. The van der Waals surface area contributed by atoms with E-state index in [0.717, 1.165) is 31.1 Å². The van der Waals surface area contributed by atoms with Gasteiger partial charge in [0.1, 0.15) is 0 Å². The molecule has 0 atom stereocenters. The lowest BCUT2D eigenvalue weighted by Crippen LogP contribution is -2.29. The molecule has 0 spiro atoms. The Labute approximate surface area is 99.3 Å². The quantitative estimate of drug-likeness (QED) is 0.864. The Balaban J connectivity index is 2.30. The Kier molecular flexibility index (Phi) is 3.18. The summed E-state index contributed by atoms with van der Waals surface area (Å²) in [5, 5.41) is 5.90. The first-order valence-electron chi connectivity index (χ1n) is 5.23. The summed E-state index contributed by atoms with van der Waals surface area (Å²) in [6.07, 6.45) is 3.52. The Hall–Kier alpha value is -0.660. The van der Waals surface area contributed by atoms with Crippen LogP contribution in [-0.2, 0) is 10.0 Å². The van der Waals surface area contributed by atoms with Gasteiger partial charge in [0.25, 0.3) is 0 Å². The van der Waals surface area contributed by atoms with Crippen LogP contribution in [0.1, 0.15) is 25.0 Å². The lowest BCUT2D eigenvalue weighted by molar-refractivity contribution is 0.576. The van der Waals surface area contributed by atoms with E-state index in [0.29, 0.717) is 5.69 Å². The third-order valence-corrected chi connectivity index (χ3v) is 5.40. The van der Waals surface area contributed by atoms with Crippen molar-refractivity contribution in [1.82, 2.24) is 4.98 Å². The molecule has 1 aliphatic heterocycles. The number of nitrogens with zero attached hydrogens (tertiary/aromatic N) is 2. The molecule has 90 valence electrons.